The summed E-state index contributed by atoms with van der Waals surface area (Å²) in [5.74, 6) is 0. The highest BCUT2D eigenvalue weighted by molar-refractivity contribution is 6.17. The molecule has 0 aliphatic carbocycles. The summed E-state index contributed by atoms with van der Waals surface area (Å²) in [5, 5.41) is 12.2. The number of para-hydroxylation sites is 2. The summed E-state index contributed by atoms with van der Waals surface area (Å²) >= 11 is 0. The van der Waals surface area contributed by atoms with Crippen molar-refractivity contribution in [2.45, 2.75) is 0 Å². The molecule has 0 saturated carbocycles. The van der Waals surface area contributed by atoms with E-state index in [0.29, 0.717) is 0 Å². The second-order valence-corrected chi connectivity index (χ2v) is 12.6. The Morgan fingerprint density at radius 3 is 1.73 bits per heavy atom. The van der Waals surface area contributed by atoms with Crippen molar-refractivity contribution in [1.29, 1.82) is 0 Å². The molecule has 0 atom stereocenters. The third-order valence-electron chi connectivity index (χ3n) is 9.79. The molecule has 48 heavy (non-hydrogen) atoms. The molecule has 0 radical (unpaired) electrons. The average Bonchev–Trinajstić information content (AvgIpc) is 3.52. The standard InChI is InChI=1S/C46H29NO/c1-2-9-36(10-3-1)47(37-22-18-30(19-23-37)33-21-25-40-34(26-33)16-14-31-8-4-5-11-39(31)40)38-24-20-32-15-17-35-27-46-44(29-43(35)42(32)28-38)41-12-6-7-13-45(41)48-46/h1-29H. The highest BCUT2D eigenvalue weighted by Crippen LogP contribution is 2.40. The number of hydrogen-bond donors (Lipinski definition) is 0. The van der Waals surface area contributed by atoms with Crippen LogP contribution in [-0.2, 0) is 0 Å². The minimum atomic E-state index is 0.920. The van der Waals surface area contributed by atoms with Crippen LogP contribution in [0.4, 0.5) is 17.1 Å². The highest BCUT2D eigenvalue weighted by Gasteiger charge is 2.15. The van der Waals surface area contributed by atoms with Crippen molar-refractivity contribution in [2.24, 2.45) is 0 Å². The first-order chi connectivity index (χ1) is 23.8. The van der Waals surface area contributed by atoms with Crippen molar-refractivity contribution in [1.82, 2.24) is 0 Å². The van der Waals surface area contributed by atoms with Gasteiger partial charge < -0.3 is 9.32 Å². The summed E-state index contributed by atoms with van der Waals surface area (Å²) in [6.07, 6.45) is 0. The maximum atomic E-state index is 6.22. The molecule has 2 heteroatoms. The number of benzene rings is 9. The van der Waals surface area contributed by atoms with E-state index < -0.39 is 0 Å². The third-order valence-corrected chi connectivity index (χ3v) is 9.79. The van der Waals surface area contributed by atoms with Gasteiger partial charge in [-0.05, 0) is 115 Å². The Kier molecular flexibility index (Phi) is 5.91. The van der Waals surface area contributed by atoms with Gasteiger partial charge in [0.15, 0.2) is 0 Å². The average molecular weight is 612 g/mol. The second-order valence-electron chi connectivity index (χ2n) is 12.6. The summed E-state index contributed by atoms with van der Waals surface area (Å²) in [6.45, 7) is 0. The smallest absolute Gasteiger partial charge is 0.136 e. The molecule has 224 valence electrons. The van der Waals surface area contributed by atoms with E-state index in [-0.39, 0.29) is 0 Å². The maximum Gasteiger partial charge on any atom is 0.136 e. The molecule has 0 fully saturated rings. The Morgan fingerprint density at radius 2 is 0.875 bits per heavy atom. The first kappa shape index (κ1) is 26.8. The lowest BCUT2D eigenvalue weighted by atomic mass is 9.97. The molecule has 0 amide bonds. The molecule has 1 aromatic heterocycles. The molecule has 10 rings (SSSR count). The molecule has 10 aromatic rings. The normalized spacial score (nSPS) is 11.8. The molecule has 9 aromatic carbocycles. The first-order valence-electron chi connectivity index (χ1n) is 16.4. The first-order valence-corrected chi connectivity index (χ1v) is 16.4. The molecule has 0 saturated heterocycles. The summed E-state index contributed by atoms with van der Waals surface area (Å²) < 4.78 is 6.22. The Hall–Kier alpha value is -6.38. The van der Waals surface area contributed by atoms with Gasteiger partial charge in [0.05, 0.1) is 0 Å². The summed E-state index contributed by atoms with van der Waals surface area (Å²) in [4.78, 5) is 2.35. The van der Waals surface area contributed by atoms with Gasteiger partial charge in [0.25, 0.3) is 0 Å². The largest absolute Gasteiger partial charge is 0.456 e. The van der Waals surface area contributed by atoms with Gasteiger partial charge in [0, 0.05) is 27.8 Å². The van der Waals surface area contributed by atoms with Crippen LogP contribution in [0.25, 0.3) is 76.2 Å². The molecule has 0 aliphatic rings. The lowest BCUT2D eigenvalue weighted by molar-refractivity contribution is 0.669. The number of fused-ring (bicyclic) bond motifs is 9. The molecule has 0 aliphatic heterocycles. The SMILES string of the molecule is c1ccc(N(c2ccc(-c3ccc4c(ccc5ccccc54)c3)cc2)c2ccc3ccc4cc5oc6ccccc6c5cc4c3c2)cc1. The molecule has 0 bridgehead atoms. The molecule has 0 spiro atoms. The molecular weight excluding hydrogens is 583 g/mol. The van der Waals surface area contributed by atoms with E-state index in [4.69, 9.17) is 4.42 Å². The van der Waals surface area contributed by atoms with Crippen LogP contribution in [0, 0.1) is 0 Å². The summed E-state index contributed by atoms with van der Waals surface area (Å²) in [6, 6.07) is 63.4. The van der Waals surface area contributed by atoms with Gasteiger partial charge in [-0.25, -0.2) is 0 Å². The van der Waals surface area contributed by atoms with Gasteiger partial charge >= 0.3 is 0 Å². The monoisotopic (exact) mass is 611 g/mol. The van der Waals surface area contributed by atoms with E-state index in [1.54, 1.807) is 0 Å². The Bertz CT molecular complexity index is 2830. The number of nitrogens with zero attached hydrogens (tertiary/aromatic N) is 1. The highest BCUT2D eigenvalue weighted by atomic mass is 16.3. The predicted molar refractivity (Wildman–Crippen MR) is 204 cm³/mol. The Morgan fingerprint density at radius 1 is 0.292 bits per heavy atom. The molecule has 0 N–H and O–H groups in total. The molecular formula is C46H29NO. The van der Waals surface area contributed by atoms with Crippen molar-refractivity contribution in [3.8, 4) is 11.1 Å². The van der Waals surface area contributed by atoms with Gasteiger partial charge in [-0.2, -0.15) is 0 Å². The lowest BCUT2D eigenvalue weighted by Crippen LogP contribution is -2.09. The van der Waals surface area contributed by atoms with E-state index in [1.807, 2.05) is 12.1 Å². The maximum absolute atomic E-state index is 6.22. The van der Waals surface area contributed by atoms with Gasteiger partial charge in [-0.15, -0.1) is 0 Å². The summed E-state index contributed by atoms with van der Waals surface area (Å²) in [5.41, 5.74) is 7.59. The zero-order valence-corrected chi connectivity index (χ0v) is 26.1. The van der Waals surface area contributed by atoms with Gasteiger partial charge in [-0.1, -0.05) is 115 Å². The van der Waals surface area contributed by atoms with Crippen LogP contribution in [0.2, 0.25) is 0 Å². The Balaban J connectivity index is 1.09. The minimum absolute atomic E-state index is 0.920. The van der Waals surface area contributed by atoms with Crippen molar-refractivity contribution in [3.05, 3.63) is 176 Å². The van der Waals surface area contributed by atoms with E-state index in [1.165, 1.54) is 54.2 Å². The zero-order valence-electron chi connectivity index (χ0n) is 26.1. The van der Waals surface area contributed by atoms with Crippen molar-refractivity contribution in [3.63, 3.8) is 0 Å². The zero-order chi connectivity index (χ0) is 31.6. The predicted octanol–water partition coefficient (Wildman–Crippen LogP) is 13.3. The fourth-order valence-corrected chi connectivity index (χ4v) is 7.42. The van der Waals surface area contributed by atoms with Crippen LogP contribution in [0.15, 0.2) is 180 Å². The van der Waals surface area contributed by atoms with Crippen molar-refractivity contribution >= 4 is 82.1 Å². The van der Waals surface area contributed by atoms with Gasteiger partial charge in [0.1, 0.15) is 11.2 Å². The summed E-state index contributed by atoms with van der Waals surface area (Å²) in [7, 11) is 0. The van der Waals surface area contributed by atoms with Crippen LogP contribution in [-0.4, -0.2) is 0 Å². The fourth-order valence-electron chi connectivity index (χ4n) is 7.42. The number of anilines is 3. The third kappa shape index (κ3) is 4.27. The van der Waals surface area contributed by atoms with E-state index >= 15 is 0 Å². The van der Waals surface area contributed by atoms with Crippen LogP contribution < -0.4 is 4.90 Å². The van der Waals surface area contributed by atoms with Crippen LogP contribution in [0.1, 0.15) is 0 Å². The fraction of sp³-hybridized carbons (Fsp3) is 0. The van der Waals surface area contributed by atoms with E-state index in [2.05, 4.69) is 169 Å². The lowest BCUT2D eigenvalue weighted by Gasteiger charge is -2.26. The number of furan rings is 1. The van der Waals surface area contributed by atoms with Crippen molar-refractivity contribution in [2.75, 3.05) is 4.90 Å². The van der Waals surface area contributed by atoms with Gasteiger partial charge in [0.2, 0.25) is 0 Å². The van der Waals surface area contributed by atoms with Crippen LogP contribution in [0.3, 0.4) is 0 Å². The molecule has 2 nitrogen and oxygen atoms in total. The number of rotatable bonds is 4. The topological polar surface area (TPSA) is 16.4 Å². The minimum Gasteiger partial charge on any atom is -0.456 e. The van der Waals surface area contributed by atoms with Crippen LogP contribution in [0.5, 0.6) is 0 Å². The molecule has 0 unspecified atom stereocenters. The van der Waals surface area contributed by atoms with Gasteiger partial charge in [-0.3, -0.25) is 0 Å². The quantitative estimate of drug-likeness (QED) is 0.184. The second kappa shape index (κ2) is 10.6. The van der Waals surface area contributed by atoms with E-state index in [0.717, 1.165) is 39.0 Å². The Labute approximate surface area is 277 Å². The molecule has 1 heterocycles. The number of hydrogen-bond acceptors (Lipinski definition) is 2. The van der Waals surface area contributed by atoms with Crippen molar-refractivity contribution < 1.29 is 4.42 Å². The van der Waals surface area contributed by atoms with E-state index in [9.17, 15) is 0 Å². The van der Waals surface area contributed by atoms with Crippen LogP contribution >= 0.6 is 0 Å².